The van der Waals surface area contributed by atoms with Gasteiger partial charge in [0.1, 0.15) is 12.2 Å². The Hall–Kier alpha value is -3.26. The zero-order valence-corrected chi connectivity index (χ0v) is 15.6. The van der Waals surface area contributed by atoms with E-state index in [1.807, 2.05) is 6.07 Å². The molecule has 3 aromatic heterocycles. The summed E-state index contributed by atoms with van der Waals surface area (Å²) >= 11 is 0. The zero-order valence-electron chi connectivity index (χ0n) is 15.6. The van der Waals surface area contributed by atoms with Crippen molar-refractivity contribution in [2.75, 3.05) is 18.0 Å². The van der Waals surface area contributed by atoms with Crippen molar-refractivity contribution in [2.45, 2.75) is 31.4 Å². The first-order valence-electron chi connectivity index (χ1n) is 9.19. The van der Waals surface area contributed by atoms with Gasteiger partial charge in [-0.25, -0.2) is 9.37 Å². The molecule has 7 nitrogen and oxygen atoms in total. The molecular weight excluding hydrogens is 402 g/mol. The minimum atomic E-state index is -4.56. The first-order valence-corrected chi connectivity index (χ1v) is 9.19. The number of anilines is 1. The van der Waals surface area contributed by atoms with Crippen LogP contribution in [0.4, 0.5) is 23.5 Å². The Kier molecular flexibility index (Phi) is 5.03. The summed E-state index contributed by atoms with van der Waals surface area (Å²) in [5.74, 6) is 0.352. The number of aromatic nitrogens is 4. The number of alkyl halides is 4. The third kappa shape index (κ3) is 3.78. The van der Waals surface area contributed by atoms with Gasteiger partial charge < -0.3 is 15.2 Å². The number of fused-ring (bicyclic) bond motifs is 1. The predicted molar refractivity (Wildman–Crippen MR) is 100 cm³/mol. The van der Waals surface area contributed by atoms with Crippen molar-refractivity contribution in [3.8, 4) is 6.07 Å². The van der Waals surface area contributed by atoms with Gasteiger partial charge in [0, 0.05) is 25.5 Å². The highest BCUT2D eigenvalue weighted by Gasteiger charge is 2.33. The molecule has 0 spiro atoms. The van der Waals surface area contributed by atoms with Crippen LogP contribution in [-0.4, -0.2) is 44.8 Å². The van der Waals surface area contributed by atoms with E-state index in [1.165, 1.54) is 6.20 Å². The van der Waals surface area contributed by atoms with Gasteiger partial charge in [0.15, 0.2) is 5.65 Å². The molecule has 0 aliphatic carbocycles. The summed E-state index contributed by atoms with van der Waals surface area (Å²) in [6.07, 6.45) is -3.38. The van der Waals surface area contributed by atoms with Crippen molar-refractivity contribution in [3.05, 3.63) is 47.4 Å². The van der Waals surface area contributed by atoms with Crippen LogP contribution in [0.2, 0.25) is 0 Å². The second-order valence-corrected chi connectivity index (χ2v) is 7.13. The Labute approximate surface area is 168 Å². The van der Waals surface area contributed by atoms with Crippen LogP contribution in [0.5, 0.6) is 0 Å². The minimum Gasteiger partial charge on any atom is -0.340 e. The highest BCUT2D eigenvalue weighted by Crippen LogP contribution is 2.32. The fourth-order valence-corrected chi connectivity index (χ4v) is 3.43. The standard InChI is InChI=1S/C19H17F4N7/c20-14-3-4-29(10-15(14)25)18-28-17-16(5-12(8-27-17)19(21,22)23)30(18)9-13-2-1-11(6-24)7-26-13/h1-2,5,7-8,14-15H,3-4,9-10,25H2/t14-,15-/m1/s1. The number of imidazole rings is 1. The van der Waals surface area contributed by atoms with E-state index in [4.69, 9.17) is 11.0 Å². The lowest BCUT2D eigenvalue weighted by atomic mass is 10.1. The molecule has 0 bridgehead atoms. The second kappa shape index (κ2) is 7.53. The maximum Gasteiger partial charge on any atom is 0.417 e. The van der Waals surface area contributed by atoms with Crippen LogP contribution in [0.25, 0.3) is 11.2 Å². The summed E-state index contributed by atoms with van der Waals surface area (Å²) < 4.78 is 55.1. The van der Waals surface area contributed by atoms with Crippen LogP contribution in [0.1, 0.15) is 23.2 Å². The Morgan fingerprint density at radius 2 is 2.03 bits per heavy atom. The smallest absolute Gasteiger partial charge is 0.340 e. The summed E-state index contributed by atoms with van der Waals surface area (Å²) in [4.78, 5) is 14.2. The van der Waals surface area contributed by atoms with E-state index in [0.29, 0.717) is 23.8 Å². The SMILES string of the molecule is N#Cc1ccc(Cn2c(N3CC[C@@H](F)[C@H](N)C3)nc3ncc(C(F)(F)F)cc32)nc1. The summed E-state index contributed by atoms with van der Waals surface area (Å²) in [6.45, 7) is 0.605. The maximum atomic E-state index is 13.8. The number of hydrogen-bond acceptors (Lipinski definition) is 6. The quantitative estimate of drug-likeness (QED) is 0.656. The maximum absolute atomic E-state index is 13.8. The van der Waals surface area contributed by atoms with E-state index < -0.39 is 24.0 Å². The molecule has 1 fully saturated rings. The van der Waals surface area contributed by atoms with E-state index in [0.717, 1.165) is 12.3 Å². The van der Waals surface area contributed by atoms with Crippen LogP contribution in [0.3, 0.4) is 0 Å². The Bertz CT molecular complexity index is 1100. The lowest BCUT2D eigenvalue weighted by Gasteiger charge is -2.34. The number of rotatable bonds is 3. The minimum absolute atomic E-state index is 0.103. The van der Waals surface area contributed by atoms with Crippen LogP contribution >= 0.6 is 0 Å². The Morgan fingerprint density at radius 1 is 1.23 bits per heavy atom. The van der Waals surface area contributed by atoms with Crippen LogP contribution in [-0.2, 0) is 12.7 Å². The average molecular weight is 419 g/mol. The molecule has 0 unspecified atom stereocenters. The number of hydrogen-bond donors (Lipinski definition) is 1. The Balaban J connectivity index is 1.81. The molecule has 4 heterocycles. The van der Waals surface area contributed by atoms with Crippen molar-refractivity contribution >= 4 is 17.1 Å². The molecule has 0 aromatic carbocycles. The third-order valence-electron chi connectivity index (χ3n) is 5.04. The molecule has 3 aromatic rings. The second-order valence-electron chi connectivity index (χ2n) is 7.13. The molecule has 0 amide bonds. The van der Waals surface area contributed by atoms with Gasteiger partial charge in [-0.05, 0) is 24.6 Å². The number of pyridine rings is 2. The monoisotopic (exact) mass is 419 g/mol. The topological polar surface area (TPSA) is 96.7 Å². The largest absolute Gasteiger partial charge is 0.417 e. The lowest BCUT2D eigenvalue weighted by molar-refractivity contribution is -0.137. The highest BCUT2D eigenvalue weighted by molar-refractivity contribution is 5.76. The van der Waals surface area contributed by atoms with Gasteiger partial charge >= 0.3 is 6.18 Å². The van der Waals surface area contributed by atoms with Crippen molar-refractivity contribution in [3.63, 3.8) is 0 Å². The average Bonchev–Trinajstić information content (AvgIpc) is 3.08. The van der Waals surface area contributed by atoms with Gasteiger partial charge in [-0.15, -0.1) is 0 Å². The van der Waals surface area contributed by atoms with E-state index in [-0.39, 0.29) is 30.7 Å². The van der Waals surface area contributed by atoms with Crippen molar-refractivity contribution in [1.29, 1.82) is 5.26 Å². The molecular formula is C19H17F4N7. The van der Waals surface area contributed by atoms with Gasteiger partial charge in [-0.2, -0.15) is 23.4 Å². The summed E-state index contributed by atoms with van der Waals surface area (Å²) in [6, 6.07) is 5.43. The van der Waals surface area contributed by atoms with Gasteiger partial charge in [-0.3, -0.25) is 4.98 Å². The van der Waals surface area contributed by atoms with E-state index in [1.54, 1.807) is 21.6 Å². The van der Waals surface area contributed by atoms with Crippen molar-refractivity contribution < 1.29 is 17.6 Å². The summed E-state index contributed by atoms with van der Waals surface area (Å²) in [7, 11) is 0. The molecule has 11 heteroatoms. The molecule has 2 N–H and O–H groups in total. The fraction of sp³-hybridized carbons (Fsp3) is 0.368. The van der Waals surface area contributed by atoms with Gasteiger partial charge in [0.25, 0.3) is 0 Å². The number of halogens is 4. The van der Waals surface area contributed by atoms with E-state index in [9.17, 15) is 17.6 Å². The highest BCUT2D eigenvalue weighted by atomic mass is 19.4. The molecule has 1 aliphatic heterocycles. The molecule has 1 saturated heterocycles. The summed E-state index contributed by atoms with van der Waals surface area (Å²) in [5.41, 5.74) is 6.18. The molecule has 0 radical (unpaired) electrons. The van der Waals surface area contributed by atoms with Crippen molar-refractivity contribution in [1.82, 2.24) is 19.5 Å². The molecule has 2 atom stereocenters. The molecule has 0 saturated carbocycles. The normalized spacial score (nSPS) is 19.8. The molecule has 1 aliphatic rings. The molecule has 156 valence electrons. The van der Waals surface area contributed by atoms with E-state index >= 15 is 0 Å². The van der Waals surface area contributed by atoms with Crippen molar-refractivity contribution in [2.24, 2.45) is 5.73 Å². The van der Waals surface area contributed by atoms with Gasteiger partial charge in [0.05, 0.1) is 34.9 Å². The van der Waals surface area contributed by atoms with Crippen LogP contribution < -0.4 is 10.6 Å². The zero-order chi connectivity index (χ0) is 21.5. The predicted octanol–water partition coefficient (Wildman–Crippen LogP) is 2.64. The Morgan fingerprint density at radius 3 is 2.67 bits per heavy atom. The van der Waals surface area contributed by atoms with Crippen LogP contribution in [0.15, 0.2) is 30.6 Å². The first kappa shape index (κ1) is 20.0. The molecule has 4 rings (SSSR count). The molecule has 30 heavy (non-hydrogen) atoms. The van der Waals surface area contributed by atoms with Gasteiger partial charge in [-0.1, -0.05) is 0 Å². The van der Waals surface area contributed by atoms with E-state index in [2.05, 4.69) is 15.0 Å². The number of piperidine rings is 1. The third-order valence-corrected chi connectivity index (χ3v) is 5.04. The summed E-state index contributed by atoms with van der Waals surface area (Å²) in [5, 5.41) is 8.92. The lowest BCUT2D eigenvalue weighted by Crippen LogP contribution is -2.50. The number of nitriles is 1. The number of nitrogens with two attached hydrogens (primary N) is 1. The van der Waals surface area contributed by atoms with Crippen LogP contribution in [0, 0.1) is 11.3 Å². The number of nitrogens with zero attached hydrogens (tertiary/aromatic N) is 6. The van der Waals surface area contributed by atoms with Gasteiger partial charge in [0.2, 0.25) is 5.95 Å². The fourth-order valence-electron chi connectivity index (χ4n) is 3.43. The first-order chi connectivity index (χ1) is 14.3.